The van der Waals surface area contributed by atoms with Crippen LogP contribution in [0.4, 0.5) is 11.5 Å². The summed E-state index contributed by atoms with van der Waals surface area (Å²) in [6, 6.07) is 18.2. The molecule has 3 N–H and O–H groups in total. The van der Waals surface area contributed by atoms with Crippen LogP contribution >= 0.6 is 0 Å². The van der Waals surface area contributed by atoms with E-state index < -0.39 is 10.2 Å². The average Bonchev–Trinajstić information content (AvgIpc) is 3.39. The molecular formula is C21H22N4O2S. The van der Waals surface area contributed by atoms with E-state index in [0.717, 1.165) is 42.4 Å². The van der Waals surface area contributed by atoms with Crippen LogP contribution in [-0.2, 0) is 16.6 Å². The van der Waals surface area contributed by atoms with Gasteiger partial charge in [0.15, 0.2) is 0 Å². The van der Waals surface area contributed by atoms with Gasteiger partial charge in [-0.3, -0.25) is 4.72 Å². The molecule has 1 saturated carbocycles. The van der Waals surface area contributed by atoms with Crippen molar-refractivity contribution in [3.63, 3.8) is 0 Å². The van der Waals surface area contributed by atoms with Crippen molar-refractivity contribution in [1.82, 2.24) is 9.71 Å². The molecular weight excluding hydrogens is 372 g/mol. The number of benzene rings is 2. The maximum Gasteiger partial charge on any atom is 0.299 e. The molecule has 3 aromatic rings. The first-order chi connectivity index (χ1) is 13.6. The van der Waals surface area contributed by atoms with E-state index in [2.05, 4.69) is 39.0 Å². The summed E-state index contributed by atoms with van der Waals surface area (Å²) in [7, 11) is -3.53. The highest BCUT2D eigenvalue weighted by molar-refractivity contribution is 7.90. The minimum Gasteiger partial charge on any atom is -0.363 e. The van der Waals surface area contributed by atoms with Gasteiger partial charge in [0.2, 0.25) is 0 Å². The Morgan fingerprint density at radius 2 is 1.82 bits per heavy atom. The number of hydrogen-bond acceptors (Lipinski definition) is 4. The minimum atomic E-state index is -3.53. The summed E-state index contributed by atoms with van der Waals surface area (Å²) in [5.41, 5.74) is 4.11. The summed E-state index contributed by atoms with van der Waals surface area (Å²) < 4.78 is 29.4. The third-order valence-electron chi connectivity index (χ3n) is 5.30. The van der Waals surface area contributed by atoms with E-state index in [1.807, 2.05) is 24.3 Å². The van der Waals surface area contributed by atoms with Gasteiger partial charge in [-0.1, -0.05) is 24.3 Å². The van der Waals surface area contributed by atoms with Gasteiger partial charge in [0, 0.05) is 11.4 Å². The fourth-order valence-electron chi connectivity index (χ4n) is 3.76. The Labute approximate surface area is 164 Å². The second-order valence-corrected chi connectivity index (χ2v) is 8.98. The summed E-state index contributed by atoms with van der Waals surface area (Å²) in [6.45, 7) is 0. The summed E-state index contributed by atoms with van der Waals surface area (Å²) in [5, 5.41) is 4.43. The van der Waals surface area contributed by atoms with Crippen molar-refractivity contribution in [3.8, 4) is 0 Å². The van der Waals surface area contributed by atoms with E-state index in [0.29, 0.717) is 5.69 Å². The van der Waals surface area contributed by atoms with Crippen LogP contribution in [-0.4, -0.2) is 19.4 Å². The van der Waals surface area contributed by atoms with Gasteiger partial charge in [0.05, 0.1) is 17.2 Å². The van der Waals surface area contributed by atoms with Gasteiger partial charge in [-0.25, -0.2) is 4.98 Å². The van der Waals surface area contributed by atoms with Crippen molar-refractivity contribution in [2.24, 2.45) is 0 Å². The highest BCUT2D eigenvalue weighted by Gasteiger charge is 2.27. The van der Waals surface area contributed by atoms with Crippen molar-refractivity contribution in [3.05, 3.63) is 65.7 Å². The van der Waals surface area contributed by atoms with Gasteiger partial charge in [-0.2, -0.15) is 13.1 Å². The van der Waals surface area contributed by atoms with Crippen molar-refractivity contribution in [2.75, 3.05) is 10.0 Å². The van der Waals surface area contributed by atoms with Crippen molar-refractivity contribution < 1.29 is 8.42 Å². The molecule has 1 heterocycles. The monoisotopic (exact) mass is 394 g/mol. The Morgan fingerprint density at radius 3 is 2.68 bits per heavy atom. The van der Waals surface area contributed by atoms with E-state index in [1.54, 1.807) is 6.07 Å². The molecule has 0 spiro atoms. The Hall–Kier alpha value is -2.64. The molecule has 2 aliphatic rings. The van der Waals surface area contributed by atoms with Crippen molar-refractivity contribution >= 4 is 32.6 Å². The fraction of sp³-hybridized carbons (Fsp3) is 0.286. The first-order valence-electron chi connectivity index (χ1n) is 9.61. The summed E-state index contributed by atoms with van der Waals surface area (Å²) in [5.74, 6) is 0.831. The zero-order valence-corrected chi connectivity index (χ0v) is 16.2. The Kier molecular flexibility index (Phi) is 4.21. The lowest BCUT2D eigenvalue weighted by molar-refractivity contribution is 0.586. The lowest BCUT2D eigenvalue weighted by Crippen LogP contribution is -2.31. The molecule has 0 amide bonds. The molecule has 2 aliphatic carbocycles. The second kappa shape index (κ2) is 6.76. The van der Waals surface area contributed by atoms with Crippen LogP contribution in [0.15, 0.2) is 54.6 Å². The van der Waals surface area contributed by atoms with Gasteiger partial charge >= 0.3 is 0 Å². The first-order valence-corrected chi connectivity index (χ1v) is 11.1. The second-order valence-electron chi connectivity index (χ2n) is 7.54. The largest absolute Gasteiger partial charge is 0.363 e. The van der Waals surface area contributed by atoms with Crippen LogP contribution in [0.3, 0.4) is 0 Å². The number of aryl methyl sites for hydroxylation is 1. The summed E-state index contributed by atoms with van der Waals surface area (Å²) in [6.07, 6.45) is 3.96. The van der Waals surface area contributed by atoms with E-state index in [-0.39, 0.29) is 12.1 Å². The molecule has 1 aromatic heterocycles. The Morgan fingerprint density at radius 1 is 0.964 bits per heavy atom. The zero-order chi connectivity index (χ0) is 19.1. The number of nitrogens with zero attached hydrogens (tertiary/aromatic N) is 1. The SMILES string of the molecule is O=S(=O)(Nc1ccc2nc(N[C@@H]3CCc4ccccc43)ccc2c1)NC1CC1. The predicted octanol–water partition coefficient (Wildman–Crippen LogP) is 3.74. The van der Waals surface area contributed by atoms with Crippen LogP contribution in [0, 0.1) is 0 Å². The molecule has 2 aromatic carbocycles. The summed E-state index contributed by atoms with van der Waals surface area (Å²) >= 11 is 0. The molecule has 144 valence electrons. The van der Waals surface area contributed by atoms with Gasteiger partial charge < -0.3 is 5.32 Å². The molecule has 0 radical (unpaired) electrons. The molecule has 0 unspecified atom stereocenters. The standard InChI is InChI=1S/C21H22N4O2S/c26-28(27,24-16-7-8-16)25-17-9-11-19-15(13-17)6-12-21(22-19)23-20-10-5-14-3-1-2-4-18(14)20/h1-4,6,9,11-13,16,20,24-25H,5,7-8,10H2,(H,22,23)/t20-/m1/s1. The molecule has 6 nitrogen and oxygen atoms in total. The number of anilines is 2. The van der Waals surface area contributed by atoms with Crippen LogP contribution < -0.4 is 14.8 Å². The normalized spacial score (nSPS) is 18.8. The van der Waals surface area contributed by atoms with Crippen molar-refractivity contribution in [2.45, 2.75) is 37.8 Å². The van der Waals surface area contributed by atoms with E-state index in [4.69, 9.17) is 4.98 Å². The Balaban J connectivity index is 1.34. The van der Waals surface area contributed by atoms with Crippen LogP contribution in [0.2, 0.25) is 0 Å². The molecule has 28 heavy (non-hydrogen) atoms. The lowest BCUT2D eigenvalue weighted by Gasteiger charge is -2.15. The van der Waals surface area contributed by atoms with Crippen molar-refractivity contribution in [1.29, 1.82) is 0 Å². The van der Waals surface area contributed by atoms with Crippen LogP contribution in [0.5, 0.6) is 0 Å². The van der Waals surface area contributed by atoms with Gasteiger partial charge in [-0.15, -0.1) is 0 Å². The van der Waals surface area contributed by atoms with E-state index >= 15 is 0 Å². The predicted molar refractivity (Wildman–Crippen MR) is 112 cm³/mol. The topological polar surface area (TPSA) is 83.1 Å². The van der Waals surface area contributed by atoms with E-state index in [1.165, 1.54) is 11.1 Å². The number of nitrogens with one attached hydrogen (secondary N) is 3. The maximum absolute atomic E-state index is 12.1. The molecule has 7 heteroatoms. The smallest absolute Gasteiger partial charge is 0.299 e. The third kappa shape index (κ3) is 3.68. The lowest BCUT2D eigenvalue weighted by atomic mass is 10.1. The fourth-order valence-corrected chi connectivity index (χ4v) is 4.93. The van der Waals surface area contributed by atoms with Gasteiger partial charge in [0.1, 0.15) is 5.82 Å². The van der Waals surface area contributed by atoms with Crippen LogP contribution in [0.1, 0.15) is 36.4 Å². The highest BCUT2D eigenvalue weighted by Crippen LogP contribution is 2.33. The van der Waals surface area contributed by atoms with E-state index in [9.17, 15) is 8.42 Å². The number of rotatable bonds is 6. The highest BCUT2D eigenvalue weighted by atomic mass is 32.2. The molecule has 0 bridgehead atoms. The molecule has 5 rings (SSSR count). The maximum atomic E-state index is 12.1. The molecule has 1 atom stereocenters. The first kappa shape index (κ1) is 17.5. The quantitative estimate of drug-likeness (QED) is 0.595. The zero-order valence-electron chi connectivity index (χ0n) is 15.4. The molecule has 0 saturated heterocycles. The number of pyridine rings is 1. The number of aromatic nitrogens is 1. The molecule has 0 aliphatic heterocycles. The minimum absolute atomic E-state index is 0.0778. The van der Waals surface area contributed by atoms with Crippen LogP contribution in [0.25, 0.3) is 10.9 Å². The number of hydrogen-bond donors (Lipinski definition) is 3. The average molecular weight is 395 g/mol. The van der Waals surface area contributed by atoms with Gasteiger partial charge in [-0.05, 0) is 67.1 Å². The third-order valence-corrected chi connectivity index (χ3v) is 6.44. The summed E-state index contributed by atoms with van der Waals surface area (Å²) in [4.78, 5) is 4.70. The van der Waals surface area contributed by atoms with Gasteiger partial charge in [0.25, 0.3) is 10.2 Å². The Bertz CT molecular complexity index is 1140. The molecule has 1 fully saturated rings. The number of fused-ring (bicyclic) bond motifs is 2.